The van der Waals surface area contributed by atoms with E-state index in [9.17, 15) is 4.79 Å². The van der Waals surface area contributed by atoms with Crippen LogP contribution in [0.25, 0.3) is 0 Å². The number of carbonyl (C=O) groups excluding carboxylic acids is 1. The highest BCUT2D eigenvalue weighted by molar-refractivity contribution is 5.88. The molecule has 1 heterocycles. The number of carbonyl (C=O) groups is 1. The van der Waals surface area contributed by atoms with Crippen molar-refractivity contribution in [1.29, 1.82) is 0 Å². The SMILES string of the molecule is C#CCN(CCC)C(=O)C1CNc2ccccc21. The Kier molecular flexibility index (Phi) is 3.88. The Morgan fingerprint density at radius 3 is 3.06 bits per heavy atom. The van der Waals surface area contributed by atoms with Crippen molar-refractivity contribution in [3.05, 3.63) is 29.8 Å². The minimum Gasteiger partial charge on any atom is -0.384 e. The summed E-state index contributed by atoms with van der Waals surface area (Å²) in [5, 5.41) is 3.27. The number of rotatable bonds is 4. The molecule has 0 aromatic heterocycles. The van der Waals surface area contributed by atoms with Crippen molar-refractivity contribution in [2.75, 3.05) is 25.0 Å². The predicted octanol–water partition coefficient (Wildman–Crippen LogP) is 2.07. The highest BCUT2D eigenvalue weighted by Gasteiger charge is 2.30. The van der Waals surface area contributed by atoms with E-state index in [4.69, 9.17) is 6.42 Å². The van der Waals surface area contributed by atoms with Crippen molar-refractivity contribution in [2.24, 2.45) is 0 Å². The second-order valence-corrected chi connectivity index (χ2v) is 4.48. The van der Waals surface area contributed by atoms with Crippen molar-refractivity contribution < 1.29 is 4.79 Å². The molecule has 0 fully saturated rings. The van der Waals surface area contributed by atoms with Crippen LogP contribution in [0.3, 0.4) is 0 Å². The first-order chi connectivity index (χ1) is 8.77. The van der Waals surface area contributed by atoms with Crippen LogP contribution in [0, 0.1) is 12.3 Å². The van der Waals surface area contributed by atoms with Gasteiger partial charge in [-0.1, -0.05) is 31.0 Å². The lowest BCUT2D eigenvalue weighted by Gasteiger charge is -2.23. The summed E-state index contributed by atoms with van der Waals surface area (Å²) in [4.78, 5) is 14.3. The van der Waals surface area contributed by atoms with Gasteiger partial charge in [-0.05, 0) is 18.1 Å². The largest absolute Gasteiger partial charge is 0.384 e. The monoisotopic (exact) mass is 242 g/mol. The fourth-order valence-corrected chi connectivity index (χ4v) is 2.37. The second-order valence-electron chi connectivity index (χ2n) is 4.48. The molecule has 1 aromatic rings. The molecule has 1 atom stereocenters. The topological polar surface area (TPSA) is 32.3 Å². The van der Waals surface area contributed by atoms with E-state index in [0.717, 1.165) is 24.2 Å². The molecule has 1 N–H and O–H groups in total. The molecule has 3 nitrogen and oxygen atoms in total. The predicted molar refractivity (Wildman–Crippen MR) is 73.4 cm³/mol. The molecule has 0 bridgehead atoms. The van der Waals surface area contributed by atoms with Crippen LogP contribution in [0.1, 0.15) is 24.8 Å². The first kappa shape index (κ1) is 12.5. The molecule has 1 aliphatic rings. The zero-order valence-electron chi connectivity index (χ0n) is 10.6. The fraction of sp³-hybridized carbons (Fsp3) is 0.400. The number of anilines is 1. The maximum Gasteiger partial charge on any atom is 0.232 e. The number of fused-ring (bicyclic) bond motifs is 1. The van der Waals surface area contributed by atoms with Gasteiger partial charge in [0.15, 0.2) is 0 Å². The van der Waals surface area contributed by atoms with Gasteiger partial charge in [-0.3, -0.25) is 4.79 Å². The molecular formula is C15H18N2O. The zero-order valence-corrected chi connectivity index (χ0v) is 10.6. The average molecular weight is 242 g/mol. The lowest BCUT2D eigenvalue weighted by molar-refractivity contribution is -0.131. The Bertz CT molecular complexity index is 476. The maximum absolute atomic E-state index is 12.5. The highest BCUT2D eigenvalue weighted by atomic mass is 16.2. The van der Waals surface area contributed by atoms with Crippen LogP contribution in [-0.4, -0.2) is 30.4 Å². The van der Waals surface area contributed by atoms with E-state index < -0.39 is 0 Å². The standard InChI is InChI=1S/C15H18N2O/c1-3-9-17(10-4-2)15(18)13-11-16-14-8-6-5-7-12(13)14/h1,5-8,13,16H,4,9-11H2,2H3. The van der Waals surface area contributed by atoms with E-state index in [1.807, 2.05) is 24.3 Å². The third-order valence-electron chi connectivity index (χ3n) is 3.22. The summed E-state index contributed by atoms with van der Waals surface area (Å²) in [6.45, 7) is 3.84. The number of nitrogens with zero attached hydrogens (tertiary/aromatic N) is 1. The molecule has 1 aliphatic heterocycles. The first-order valence-electron chi connectivity index (χ1n) is 6.33. The molecule has 0 spiro atoms. The molecule has 1 aromatic carbocycles. The summed E-state index contributed by atoms with van der Waals surface area (Å²) < 4.78 is 0. The molecule has 0 saturated carbocycles. The summed E-state index contributed by atoms with van der Waals surface area (Å²) in [5.41, 5.74) is 2.15. The van der Waals surface area contributed by atoms with Crippen molar-refractivity contribution in [3.63, 3.8) is 0 Å². The molecule has 0 saturated heterocycles. The van der Waals surface area contributed by atoms with Crippen molar-refractivity contribution in [2.45, 2.75) is 19.3 Å². The van der Waals surface area contributed by atoms with Crippen LogP contribution in [0.2, 0.25) is 0 Å². The smallest absolute Gasteiger partial charge is 0.232 e. The Labute approximate surface area is 108 Å². The van der Waals surface area contributed by atoms with Crippen LogP contribution in [0.15, 0.2) is 24.3 Å². The Balaban J connectivity index is 2.17. The van der Waals surface area contributed by atoms with E-state index in [1.165, 1.54) is 0 Å². The summed E-state index contributed by atoms with van der Waals surface area (Å²) in [7, 11) is 0. The molecule has 94 valence electrons. The number of para-hydroxylation sites is 1. The third-order valence-corrected chi connectivity index (χ3v) is 3.22. The van der Waals surface area contributed by atoms with Crippen molar-refractivity contribution in [1.82, 2.24) is 4.90 Å². The molecule has 0 aliphatic carbocycles. The van der Waals surface area contributed by atoms with Crippen LogP contribution in [0.4, 0.5) is 5.69 Å². The lowest BCUT2D eigenvalue weighted by Crippen LogP contribution is -2.36. The van der Waals surface area contributed by atoms with Gasteiger partial charge in [-0.2, -0.15) is 0 Å². The highest BCUT2D eigenvalue weighted by Crippen LogP contribution is 2.32. The minimum absolute atomic E-state index is 0.0962. The minimum atomic E-state index is -0.0962. The summed E-state index contributed by atoms with van der Waals surface area (Å²) in [6.07, 6.45) is 6.26. The van der Waals surface area contributed by atoms with Gasteiger partial charge in [0.1, 0.15) is 0 Å². The summed E-state index contributed by atoms with van der Waals surface area (Å²) in [6, 6.07) is 7.97. The molecule has 18 heavy (non-hydrogen) atoms. The quantitative estimate of drug-likeness (QED) is 0.820. The lowest BCUT2D eigenvalue weighted by atomic mass is 10.00. The van der Waals surface area contributed by atoms with Gasteiger partial charge in [0.25, 0.3) is 0 Å². The number of benzene rings is 1. The van der Waals surface area contributed by atoms with E-state index in [0.29, 0.717) is 13.1 Å². The van der Waals surface area contributed by atoms with Gasteiger partial charge < -0.3 is 10.2 Å². The Morgan fingerprint density at radius 2 is 2.33 bits per heavy atom. The van der Waals surface area contributed by atoms with E-state index >= 15 is 0 Å². The van der Waals surface area contributed by atoms with Gasteiger partial charge in [0, 0.05) is 18.8 Å². The Hall–Kier alpha value is -1.95. The number of hydrogen-bond donors (Lipinski definition) is 1. The molecule has 1 amide bonds. The van der Waals surface area contributed by atoms with Crippen LogP contribution in [0.5, 0.6) is 0 Å². The third kappa shape index (κ3) is 2.33. The molecule has 1 unspecified atom stereocenters. The molecule has 0 radical (unpaired) electrons. The molecular weight excluding hydrogens is 224 g/mol. The van der Waals surface area contributed by atoms with Gasteiger partial charge in [0.05, 0.1) is 12.5 Å². The number of hydrogen-bond acceptors (Lipinski definition) is 2. The average Bonchev–Trinajstić information content (AvgIpc) is 2.81. The van der Waals surface area contributed by atoms with Crippen molar-refractivity contribution in [3.8, 4) is 12.3 Å². The number of terminal acetylenes is 1. The fourth-order valence-electron chi connectivity index (χ4n) is 2.37. The number of nitrogens with one attached hydrogen (secondary N) is 1. The van der Waals surface area contributed by atoms with Crippen LogP contribution < -0.4 is 5.32 Å². The molecule has 2 rings (SSSR count). The van der Waals surface area contributed by atoms with Crippen molar-refractivity contribution >= 4 is 11.6 Å². The van der Waals surface area contributed by atoms with Crippen LogP contribution >= 0.6 is 0 Å². The van der Waals surface area contributed by atoms with Crippen LogP contribution in [-0.2, 0) is 4.79 Å². The van der Waals surface area contributed by atoms with Gasteiger partial charge in [-0.25, -0.2) is 0 Å². The summed E-state index contributed by atoms with van der Waals surface area (Å²) >= 11 is 0. The summed E-state index contributed by atoms with van der Waals surface area (Å²) in [5.74, 6) is 2.60. The molecule has 3 heteroatoms. The van der Waals surface area contributed by atoms with E-state index in [-0.39, 0.29) is 11.8 Å². The van der Waals surface area contributed by atoms with Gasteiger partial charge in [-0.15, -0.1) is 6.42 Å². The van der Waals surface area contributed by atoms with E-state index in [1.54, 1.807) is 4.90 Å². The Morgan fingerprint density at radius 1 is 1.56 bits per heavy atom. The zero-order chi connectivity index (χ0) is 13.0. The normalized spacial score (nSPS) is 16.6. The maximum atomic E-state index is 12.5. The van der Waals surface area contributed by atoms with E-state index in [2.05, 4.69) is 18.2 Å². The number of amides is 1. The second kappa shape index (κ2) is 5.59. The van der Waals surface area contributed by atoms with Gasteiger partial charge in [0.2, 0.25) is 5.91 Å². The van der Waals surface area contributed by atoms with Gasteiger partial charge >= 0.3 is 0 Å². The first-order valence-corrected chi connectivity index (χ1v) is 6.33.